The molecule has 1 amide bonds. The van der Waals surface area contributed by atoms with Crippen molar-refractivity contribution >= 4 is 17.3 Å². The summed E-state index contributed by atoms with van der Waals surface area (Å²) in [7, 11) is 0. The SMILES string of the molecule is O=C1COCCN1c1ccc(N2CCCC2)cc1. The van der Waals surface area contributed by atoms with E-state index in [0.717, 1.165) is 18.8 Å². The molecule has 0 aromatic heterocycles. The minimum atomic E-state index is 0.0511. The molecule has 1 aromatic carbocycles. The van der Waals surface area contributed by atoms with E-state index in [1.807, 2.05) is 12.1 Å². The predicted octanol–water partition coefficient (Wildman–Crippen LogP) is 1.65. The smallest absolute Gasteiger partial charge is 0.253 e. The van der Waals surface area contributed by atoms with Gasteiger partial charge in [0, 0.05) is 31.0 Å². The van der Waals surface area contributed by atoms with Gasteiger partial charge in [0.15, 0.2) is 0 Å². The molecule has 1 aromatic rings. The quantitative estimate of drug-likeness (QED) is 0.795. The maximum absolute atomic E-state index is 11.7. The second kappa shape index (κ2) is 4.98. The Hall–Kier alpha value is -1.55. The van der Waals surface area contributed by atoms with Crippen molar-refractivity contribution < 1.29 is 9.53 Å². The van der Waals surface area contributed by atoms with Crippen molar-refractivity contribution in [1.82, 2.24) is 0 Å². The van der Waals surface area contributed by atoms with Crippen LogP contribution >= 0.6 is 0 Å². The molecule has 2 aliphatic heterocycles. The molecule has 0 atom stereocenters. The van der Waals surface area contributed by atoms with Crippen molar-refractivity contribution in [1.29, 1.82) is 0 Å². The third kappa shape index (κ3) is 2.20. The lowest BCUT2D eigenvalue weighted by atomic mass is 10.2. The number of amides is 1. The van der Waals surface area contributed by atoms with E-state index in [2.05, 4.69) is 17.0 Å². The molecule has 2 aliphatic rings. The van der Waals surface area contributed by atoms with Gasteiger partial charge in [-0.25, -0.2) is 0 Å². The summed E-state index contributed by atoms with van der Waals surface area (Å²) in [4.78, 5) is 15.9. The van der Waals surface area contributed by atoms with Crippen LogP contribution in [0, 0.1) is 0 Å². The maximum Gasteiger partial charge on any atom is 0.253 e. The van der Waals surface area contributed by atoms with Gasteiger partial charge in [-0.3, -0.25) is 4.79 Å². The lowest BCUT2D eigenvalue weighted by molar-refractivity contribution is -0.125. The Balaban J connectivity index is 1.75. The van der Waals surface area contributed by atoms with Crippen LogP contribution in [0.3, 0.4) is 0 Å². The summed E-state index contributed by atoms with van der Waals surface area (Å²) in [5, 5.41) is 0. The number of ether oxygens (including phenoxy) is 1. The highest BCUT2D eigenvalue weighted by Crippen LogP contribution is 2.24. The molecule has 3 rings (SSSR count). The zero-order valence-electron chi connectivity index (χ0n) is 10.5. The van der Waals surface area contributed by atoms with Crippen LogP contribution in [0.2, 0.25) is 0 Å². The maximum atomic E-state index is 11.7. The zero-order chi connectivity index (χ0) is 12.4. The summed E-state index contributed by atoms with van der Waals surface area (Å²) in [6.07, 6.45) is 2.56. The summed E-state index contributed by atoms with van der Waals surface area (Å²) in [6.45, 7) is 3.78. The molecular weight excluding hydrogens is 228 g/mol. The first kappa shape index (κ1) is 11.5. The molecule has 0 spiro atoms. The second-order valence-corrected chi connectivity index (χ2v) is 4.81. The van der Waals surface area contributed by atoms with Crippen molar-refractivity contribution in [2.24, 2.45) is 0 Å². The van der Waals surface area contributed by atoms with Gasteiger partial charge in [0.2, 0.25) is 0 Å². The van der Waals surface area contributed by atoms with E-state index in [1.54, 1.807) is 4.90 Å². The Bertz CT molecular complexity index is 424. The van der Waals surface area contributed by atoms with Gasteiger partial charge in [-0.2, -0.15) is 0 Å². The van der Waals surface area contributed by atoms with E-state index in [1.165, 1.54) is 18.5 Å². The number of benzene rings is 1. The molecule has 0 unspecified atom stereocenters. The van der Waals surface area contributed by atoms with Crippen molar-refractivity contribution in [3.8, 4) is 0 Å². The number of hydrogen-bond acceptors (Lipinski definition) is 3. The number of carbonyl (C=O) groups is 1. The fourth-order valence-electron chi connectivity index (χ4n) is 2.61. The van der Waals surface area contributed by atoms with Gasteiger partial charge < -0.3 is 14.5 Å². The van der Waals surface area contributed by atoms with E-state index in [-0.39, 0.29) is 12.5 Å². The molecule has 4 nitrogen and oxygen atoms in total. The Labute approximate surface area is 107 Å². The summed E-state index contributed by atoms with van der Waals surface area (Å²) in [5.74, 6) is 0.0511. The van der Waals surface area contributed by atoms with Crippen LogP contribution in [-0.4, -0.2) is 38.8 Å². The van der Waals surface area contributed by atoms with Crippen molar-refractivity contribution in [2.75, 3.05) is 42.6 Å². The van der Waals surface area contributed by atoms with Gasteiger partial charge in [0.1, 0.15) is 6.61 Å². The molecule has 2 saturated heterocycles. The Kier molecular flexibility index (Phi) is 3.19. The van der Waals surface area contributed by atoms with Crippen LogP contribution < -0.4 is 9.80 Å². The normalized spacial score (nSPS) is 20.6. The first-order valence-corrected chi connectivity index (χ1v) is 6.58. The second-order valence-electron chi connectivity index (χ2n) is 4.81. The standard InChI is InChI=1S/C14H18N2O2/c17-14-11-18-10-9-16(14)13-5-3-12(4-6-13)15-7-1-2-8-15/h3-6H,1-2,7-11H2. The number of hydrogen-bond donors (Lipinski definition) is 0. The molecule has 96 valence electrons. The fraction of sp³-hybridized carbons (Fsp3) is 0.500. The molecule has 18 heavy (non-hydrogen) atoms. The molecule has 2 fully saturated rings. The average Bonchev–Trinajstić information content (AvgIpc) is 2.94. The Morgan fingerprint density at radius 2 is 1.61 bits per heavy atom. The van der Waals surface area contributed by atoms with Crippen LogP contribution in [0.15, 0.2) is 24.3 Å². The molecule has 0 N–H and O–H groups in total. The third-order valence-electron chi connectivity index (χ3n) is 3.62. The molecule has 2 heterocycles. The summed E-state index contributed by atoms with van der Waals surface area (Å²) < 4.78 is 5.14. The first-order valence-electron chi connectivity index (χ1n) is 6.58. The van der Waals surface area contributed by atoms with Crippen LogP contribution in [0.5, 0.6) is 0 Å². The highest BCUT2D eigenvalue weighted by atomic mass is 16.5. The Morgan fingerprint density at radius 1 is 0.944 bits per heavy atom. The number of rotatable bonds is 2. The average molecular weight is 246 g/mol. The van der Waals surface area contributed by atoms with Gasteiger partial charge in [-0.05, 0) is 37.1 Å². The van der Waals surface area contributed by atoms with Gasteiger partial charge in [-0.15, -0.1) is 0 Å². The molecule has 0 aliphatic carbocycles. The number of nitrogens with zero attached hydrogens (tertiary/aromatic N) is 2. The van der Waals surface area contributed by atoms with Gasteiger partial charge >= 0.3 is 0 Å². The lowest BCUT2D eigenvalue weighted by Crippen LogP contribution is -2.41. The van der Waals surface area contributed by atoms with Crippen molar-refractivity contribution in [2.45, 2.75) is 12.8 Å². The van der Waals surface area contributed by atoms with Gasteiger partial charge in [-0.1, -0.05) is 0 Å². The number of anilines is 2. The molecule has 4 heteroatoms. The fourth-order valence-corrected chi connectivity index (χ4v) is 2.61. The third-order valence-corrected chi connectivity index (χ3v) is 3.62. The summed E-state index contributed by atoms with van der Waals surface area (Å²) >= 11 is 0. The molecule has 0 bridgehead atoms. The number of carbonyl (C=O) groups excluding carboxylic acids is 1. The molecule has 0 saturated carbocycles. The Morgan fingerprint density at radius 3 is 2.28 bits per heavy atom. The highest BCUT2D eigenvalue weighted by Gasteiger charge is 2.20. The van der Waals surface area contributed by atoms with Crippen LogP contribution in [0.1, 0.15) is 12.8 Å². The van der Waals surface area contributed by atoms with E-state index in [9.17, 15) is 4.79 Å². The largest absolute Gasteiger partial charge is 0.372 e. The van der Waals surface area contributed by atoms with Gasteiger partial charge in [0.05, 0.1) is 6.61 Å². The van der Waals surface area contributed by atoms with Gasteiger partial charge in [0.25, 0.3) is 5.91 Å². The monoisotopic (exact) mass is 246 g/mol. The minimum Gasteiger partial charge on any atom is -0.372 e. The van der Waals surface area contributed by atoms with E-state index >= 15 is 0 Å². The first-order chi connectivity index (χ1) is 8.84. The van der Waals surface area contributed by atoms with Crippen molar-refractivity contribution in [3.05, 3.63) is 24.3 Å². The van der Waals surface area contributed by atoms with E-state index in [4.69, 9.17) is 4.74 Å². The minimum absolute atomic E-state index is 0.0511. The van der Waals surface area contributed by atoms with Crippen LogP contribution in [0.25, 0.3) is 0 Å². The van der Waals surface area contributed by atoms with E-state index in [0.29, 0.717) is 13.2 Å². The zero-order valence-corrected chi connectivity index (χ0v) is 10.5. The summed E-state index contributed by atoms with van der Waals surface area (Å²) in [5.41, 5.74) is 2.24. The topological polar surface area (TPSA) is 32.8 Å². The van der Waals surface area contributed by atoms with Crippen LogP contribution in [0.4, 0.5) is 11.4 Å². The predicted molar refractivity (Wildman–Crippen MR) is 71.1 cm³/mol. The molecule has 0 radical (unpaired) electrons. The lowest BCUT2D eigenvalue weighted by Gasteiger charge is -2.27. The number of morpholine rings is 1. The highest BCUT2D eigenvalue weighted by molar-refractivity contribution is 5.95. The molecular formula is C14H18N2O2. The van der Waals surface area contributed by atoms with E-state index < -0.39 is 0 Å². The van der Waals surface area contributed by atoms with Crippen molar-refractivity contribution in [3.63, 3.8) is 0 Å². The summed E-state index contributed by atoms with van der Waals surface area (Å²) in [6, 6.07) is 8.31. The van der Waals surface area contributed by atoms with Crippen LogP contribution in [-0.2, 0) is 9.53 Å².